The van der Waals surface area contributed by atoms with Gasteiger partial charge in [-0.05, 0) is 18.1 Å². The van der Waals surface area contributed by atoms with Crippen LogP contribution < -0.4 is 5.32 Å². The van der Waals surface area contributed by atoms with E-state index in [2.05, 4.69) is 5.32 Å². The Morgan fingerprint density at radius 1 is 1.37 bits per heavy atom. The quantitative estimate of drug-likeness (QED) is 0.792. The zero-order chi connectivity index (χ0) is 14.4. The molecule has 0 aliphatic heterocycles. The lowest BCUT2D eigenvalue weighted by Gasteiger charge is -2.15. The Morgan fingerprint density at radius 3 is 2.58 bits per heavy atom. The van der Waals surface area contributed by atoms with E-state index in [9.17, 15) is 18.7 Å². The van der Waals surface area contributed by atoms with Crippen LogP contribution in [0.5, 0.6) is 0 Å². The van der Waals surface area contributed by atoms with E-state index in [1.165, 1.54) is 12.1 Å². The molecule has 0 spiro atoms. The molecule has 0 bridgehead atoms. The molecule has 106 valence electrons. The van der Waals surface area contributed by atoms with E-state index >= 15 is 0 Å². The topological polar surface area (TPSA) is 49.3 Å². The molecule has 1 rings (SSSR count). The number of rotatable bonds is 6. The minimum absolute atomic E-state index is 0.0194. The molecule has 3 nitrogen and oxygen atoms in total. The van der Waals surface area contributed by atoms with Gasteiger partial charge in [0.05, 0.1) is 11.7 Å². The molecule has 0 aliphatic rings. The molecule has 19 heavy (non-hydrogen) atoms. The minimum atomic E-state index is -2.57. The molecule has 0 aliphatic carbocycles. The Bertz CT molecular complexity index is 427. The van der Waals surface area contributed by atoms with E-state index in [-0.39, 0.29) is 22.9 Å². The van der Waals surface area contributed by atoms with E-state index in [4.69, 9.17) is 0 Å². The summed E-state index contributed by atoms with van der Waals surface area (Å²) in [7, 11) is 0. The monoisotopic (exact) mass is 289 g/mol. The highest BCUT2D eigenvalue weighted by Gasteiger charge is 2.16. The average molecular weight is 289 g/mol. The molecule has 6 heteroatoms. The van der Waals surface area contributed by atoms with Gasteiger partial charge >= 0.3 is 0 Å². The molecule has 0 radical (unpaired) electrons. The molecule has 0 saturated heterocycles. The summed E-state index contributed by atoms with van der Waals surface area (Å²) in [6.45, 7) is 3.76. The van der Waals surface area contributed by atoms with Crippen LogP contribution in [-0.4, -0.2) is 29.4 Å². The maximum absolute atomic E-state index is 12.4. The lowest BCUT2D eigenvalue weighted by Crippen LogP contribution is -2.34. The molecule has 0 aromatic heterocycles. The molecular weight excluding hydrogens is 272 g/mol. The van der Waals surface area contributed by atoms with Crippen molar-refractivity contribution in [2.75, 3.05) is 6.54 Å². The lowest BCUT2D eigenvalue weighted by atomic mass is 10.1. The van der Waals surface area contributed by atoms with Crippen molar-refractivity contribution in [3.8, 4) is 0 Å². The number of aliphatic hydroxyl groups excluding tert-OH is 1. The first-order valence-corrected chi connectivity index (χ1v) is 6.80. The number of carbonyl (C=O) groups excluding carboxylic acids is 1. The Labute approximate surface area is 115 Å². The van der Waals surface area contributed by atoms with Crippen molar-refractivity contribution in [1.82, 2.24) is 5.32 Å². The van der Waals surface area contributed by atoms with E-state index < -0.39 is 17.8 Å². The van der Waals surface area contributed by atoms with Gasteiger partial charge in [-0.25, -0.2) is 0 Å². The summed E-state index contributed by atoms with van der Waals surface area (Å²) >= 11 is 0.337. The van der Waals surface area contributed by atoms with Gasteiger partial charge in [0.2, 0.25) is 0 Å². The van der Waals surface area contributed by atoms with E-state index in [1.54, 1.807) is 12.1 Å². The zero-order valence-electron chi connectivity index (χ0n) is 10.8. The SMILES string of the molecule is CC(C)C(O)CNC(=O)c1ccccc1SC(F)F. The van der Waals surface area contributed by atoms with Gasteiger partial charge in [-0.1, -0.05) is 37.7 Å². The van der Waals surface area contributed by atoms with Crippen LogP contribution in [0, 0.1) is 5.92 Å². The zero-order valence-corrected chi connectivity index (χ0v) is 11.6. The molecule has 0 saturated carbocycles. The first-order chi connectivity index (χ1) is 8.91. The predicted molar refractivity (Wildman–Crippen MR) is 71.5 cm³/mol. The van der Waals surface area contributed by atoms with Crippen LogP contribution in [0.4, 0.5) is 8.78 Å². The van der Waals surface area contributed by atoms with Crippen molar-refractivity contribution in [1.29, 1.82) is 0 Å². The molecule has 2 N–H and O–H groups in total. The highest BCUT2D eigenvalue weighted by atomic mass is 32.2. The van der Waals surface area contributed by atoms with Crippen molar-refractivity contribution in [3.63, 3.8) is 0 Å². The van der Waals surface area contributed by atoms with Gasteiger partial charge in [-0.15, -0.1) is 0 Å². The first-order valence-electron chi connectivity index (χ1n) is 5.92. The minimum Gasteiger partial charge on any atom is -0.391 e. The average Bonchev–Trinajstić information content (AvgIpc) is 2.35. The van der Waals surface area contributed by atoms with Gasteiger partial charge in [0.25, 0.3) is 11.7 Å². The van der Waals surface area contributed by atoms with Gasteiger partial charge in [0.15, 0.2) is 0 Å². The van der Waals surface area contributed by atoms with Crippen LogP contribution in [0.3, 0.4) is 0 Å². The number of alkyl halides is 2. The number of hydrogen-bond acceptors (Lipinski definition) is 3. The highest BCUT2D eigenvalue weighted by molar-refractivity contribution is 7.99. The Morgan fingerprint density at radius 2 is 2.00 bits per heavy atom. The maximum Gasteiger partial charge on any atom is 0.288 e. The van der Waals surface area contributed by atoms with E-state index in [0.717, 1.165) is 0 Å². The highest BCUT2D eigenvalue weighted by Crippen LogP contribution is 2.28. The summed E-state index contributed by atoms with van der Waals surface area (Å²) in [4.78, 5) is 12.1. The van der Waals surface area contributed by atoms with E-state index in [0.29, 0.717) is 11.8 Å². The standard InChI is InChI=1S/C13H17F2NO2S/c1-8(2)10(17)7-16-12(18)9-5-3-4-6-11(9)19-13(14)15/h3-6,8,10,13,17H,7H2,1-2H3,(H,16,18). The summed E-state index contributed by atoms with van der Waals surface area (Å²) in [5.74, 6) is -3.01. The summed E-state index contributed by atoms with van der Waals surface area (Å²) in [5.41, 5.74) is 0.198. The van der Waals surface area contributed by atoms with Gasteiger partial charge in [-0.3, -0.25) is 4.79 Å². The summed E-state index contributed by atoms with van der Waals surface area (Å²) in [6.07, 6.45) is -0.654. The number of aliphatic hydroxyl groups is 1. The smallest absolute Gasteiger partial charge is 0.288 e. The fourth-order valence-corrected chi connectivity index (χ4v) is 2.02. The summed E-state index contributed by atoms with van der Waals surface area (Å²) < 4.78 is 24.8. The summed E-state index contributed by atoms with van der Waals surface area (Å²) in [5, 5.41) is 12.1. The van der Waals surface area contributed by atoms with Crippen LogP contribution in [0.25, 0.3) is 0 Å². The van der Waals surface area contributed by atoms with Crippen LogP contribution in [0.2, 0.25) is 0 Å². The normalized spacial score (nSPS) is 12.8. The third-order valence-electron chi connectivity index (χ3n) is 2.59. The number of thioether (sulfide) groups is 1. The first kappa shape index (κ1) is 15.9. The molecule has 1 aromatic carbocycles. The molecule has 0 fully saturated rings. The number of hydrogen-bond donors (Lipinski definition) is 2. The number of amides is 1. The number of halogens is 2. The Kier molecular flexibility index (Phi) is 6.24. The fraction of sp³-hybridized carbons (Fsp3) is 0.462. The van der Waals surface area contributed by atoms with Gasteiger partial charge < -0.3 is 10.4 Å². The predicted octanol–water partition coefficient (Wildman–Crippen LogP) is 2.75. The molecule has 1 unspecified atom stereocenters. The third kappa shape index (κ3) is 5.16. The third-order valence-corrected chi connectivity index (χ3v) is 3.38. The van der Waals surface area contributed by atoms with Crippen molar-refractivity contribution < 1.29 is 18.7 Å². The largest absolute Gasteiger partial charge is 0.391 e. The fourth-order valence-electron chi connectivity index (χ4n) is 1.38. The van der Waals surface area contributed by atoms with Crippen molar-refractivity contribution in [2.24, 2.45) is 5.92 Å². The van der Waals surface area contributed by atoms with Crippen LogP contribution in [0.1, 0.15) is 24.2 Å². The molecule has 1 atom stereocenters. The second-order valence-electron chi connectivity index (χ2n) is 4.40. The second-order valence-corrected chi connectivity index (χ2v) is 5.43. The van der Waals surface area contributed by atoms with Gasteiger partial charge in [0, 0.05) is 11.4 Å². The summed E-state index contributed by atoms with van der Waals surface area (Å²) in [6, 6.07) is 6.18. The molecule has 1 aromatic rings. The number of carbonyl (C=O) groups is 1. The molecule has 0 heterocycles. The molecule has 1 amide bonds. The number of nitrogens with one attached hydrogen (secondary N) is 1. The van der Waals surface area contributed by atoms with Crippen LogP contribution in [0.15, 0.2) is 29.2 Å². The maximum atomic E-state index is 12.4. The van der Waals surface area contributed by atoms with Crippen LogP contribution >= 0.6 is 11.8 Å². The van der Waals surface area contributed by atoms with Gasteiger partial charge in [0.1, 0.15) is 0 Å². The van der Waals surface area contributed by atoms with Crippen molar-refractivity contribution >= 4 is 17.7 Å². The Hall–Kier alpha value is -1.14. The molecular formula is C13H17F2NO2S. The van der Waals surface area contributed by atoms with Gasteiger partial charge in [-0.2, -0.15) is 8.78 Å². The van der Waals surface area contributed by atoms with Crippen molar-refractivity contribution in [3.05, 3.63) is 29.8 Å². The second kappa shape index (κ2) is 7.45. The van der Waals surface area contributed by atoms with E-state index in [1.807, 2.05) is 13.8 Å². The number of benzene rings is 1. The van der Waals surface area contributed by atoms with Crippen molar-refractivity contribution in [2.45, 2.75) is 30.6 Å². The Balaban J connectivity index is 2.71. The lowest BCUT2D eigenvalue weighted by molar-refractivity contribution is 0.0869. The van der Waals surface area contributed by atoms with Crippen LogP contribution in [-0.2, 0) is 0 Å².